The van der Waals surface area contributed by atoms with Gasteiger partial charge in [-0.05, 0) is 51.5 Å². The number of Topliss-reactive ketones (excluding diaryl/α,β-unsaturated/α-hetero) is 1. The van der Waals surface area contributed by atoms with E-state index >= 15 is 0 Å². The molecule has 3 N–H and O–H groups in total. The first-order valence-electron chi connectivity index (χ1n) is 8.27. The van der Waals surface area contributed by atoms with Crippen LogP contribution in [0.4, 0.5) is 0 Å². The van der Waals surface area contributed by atoms with Gasteiger partial charge in [-0.2, -0.15) is 0 Å². The van der Waals surface area contributed by atoms with Crippen LogP contribution in [0.5, 0.6) is 0 Å². The normalized spacial score (nSPS) is 13.5. The molecule has 1 atom stereocenters. The standard InChI is InChI=1S/C18H24N2O6S/c1-5-11(2)20-27(24,25)15-8-6-14(7-9-15)18(23)26-10-16(22)17(12(3)19)13(4)21/h6-9,11,19-20,22H,5,10H2,1-4H3/b17-16-,19-12?. The van der Waals surface area contributed by atoms with Crippen LogP contribution < -0.4 is 4.72 Å². The molecule has 1 aromatic rings. The first kappa shape index (κ1) is 22.5. The lowest BCUT2D eigenvalue weighted by Crippen LogP contribution is -2.32. The molecule has 0 saturated carbocycles. The molecule has 0 saturated heterocycles. The molecule has 0 aliphatic rings. The Labute approximate surface area is 158 Å². The van der Waals surface area contributed by atoms with E-state index in [1.54, 1.807) is 6.92 Å². The highest BCUT2D eigenvalue weighted by atomic mass is 32.2. The Bertz CT molecular complexity index is 840. The van der Waals surface area contributed by atoms with E-state index in [2.05, 4.69) is 4.72 Å². The summed E-state index contributed by atoms with van der Waals surface area (Å²) in [6, 6.07) is 4.92. The quantitative estimate of drug-likeness (QED) is 0.254. The number of esters is 1. The SMILES string of the molecule is CCC(C)NS(=O)(=O)c1ccc(C(=O)OC/C(O)=C(\C(C)=N)C(C)=O)cc1. The molecule has 27 heavy (non-hydrogen) atoms. The van der Waals surface area contributed by atoms with E-state index in [4.69, 9.17) is 10.1 Å². The molecule has 8 nitrogen and oxygen atoms in total. The summed E-state index contributed by atoms with van der Waals surface area (Å²) < 4.78 is 31.8. The van der Waals surface area contributed by atoms with Gasteiger partial charge < -0.3 is 15.3 Å². The maximum Gasteiger partial charge on any atom is 0.338 e. The summed E-state index contributed by atoms with van der Waals surface area (Å²) in [5, 5.41) is 17.3. The summed E-state index contributed by atoms with van der Waals surface area (Å²) in [7, 11) is -3.68. The van der Waals surface area contributed by atoms with Crippen LogP contribution in [0, 0.1) is 5.41 Å². The predicted molar refractivity (Wildman–Crippen MR) is 101 cm³/mol. The number of aliphatic hydroxyl groups excluding tert-OH is 1. The first-order valence-corrected chi connectivity index (χ1v) is 9.76. The number of aliphatic hydroxyl groups is 1. The molecular weight excluding hydrogens is 372 g/mol. The summed E-state index contributed by atoms with van der Waals surface area (Å²) in [6.07, 6.45) is 0.637. The molecule has 1 rings (SSSR count). The number of ketones is 1. The molecule has 1 aromatic carbocycles. The van der Waals surface area contributed by atoms with Gasteiger partial charge in [0.05, 0.1) is 16.0 Å². The maximum atomic E-state index is 12.2. The third-order valence-electron chi connectivity index (χ3n) is 3.72. The van der Waals surface area contributed by atoms with E-state index in [-0.39, 0.29) is 27.8 Å². The van der Waals surface area contributed by atoms with Gasteiger partial charge in [0.25, 0.3) is 0 Å². The molecule has 0 bridgehead atoms. The van der Waals surface area contributed by atoms with Crippen LogP contribution in [0.15, 0.2) is 40.5 Å². The van der Waals surface area contributed by atoms with Crippen molar-refractivity contribution in [3.05, 3.63) is 41.2 Å². The molecule has 0 fully saturated rings. The zero-order chi connectivity index (χ0) is 20.8. The van der Waals surface area contributed by atoms with E-state index < -0.39 is 34.1 Å². The fraction of sp³-hybridized carbons (Fsp3) is 0.389. The van der Waals surface area contributed by atoms with Gasteiger partial charge in [-0.15, -0.1) is 0 Å². The minimum absolute atomic E-state index is 0.0142. The molecular formula is C18H24N2O6S. The average molecular weight is 396 g/mol. The lowest BCUT2D eigenvalue weighted by Gasteiger charge is -2.12. The van der Waals surface area contributed by atoms with Crippen molar-refractivity contribution in [2.45, 2.75) is 45.1 Å². The van der Waals surface area contributed by atoms with E-state index in [1.807, 2.05) is 6.92 Å². The van der Waals surface area contributed by atoms with Gasteiger partial charge in [0.15, 0.2) is 5.78 Å². The van der Waals surface area contributed by atoms with E-state index in [1.165, 1.54) is 38.1 Å². The Morgan fingerprint density at radius 1 is 1.22 bits per heavy atom. The van der Waals surface area contributed by atoms with Crippen LogP contribution in [0.3, 0.4) is 0 Å². The summed E-state index contributed by atoms with van der Waals surface area (Å²) >= 11 is 0. The number of nitrogens with one attached hydrogen (secondary N) is 2. The molecule has 0 aliphatic heterocycles. The number of carbonyl (C=O) groups is 2. The second-order valence-corrected chi connectivity index (χ2v) is 7.75. The number of sulfonamides is 1. The fourth-order valence-corrected chi connectivity index (χ4v) is 3.49. The van der Waals surface area contributed by atoms with Crippen LogP contribution in [-0.2, 0) is 19.6 Å². The molecule has 0 aliphatic carbocycles. The lowest BCUT2D eigenvalue weighted by atomic mass is 10.1. The fourth-order valence-electron chi connectivity index (χ4n) is 2.16. The molecule has 0 aromatic heterocycles. The van der Waals surface area contributed by atoms with Gasteiger partial charge in [-0.25, -0.2) is 17.9 Å². The molecule has 0 radical (unpaired) electrons. The summed E-state index contributed by atoms with van der Waals surface area (Å²) in [5.41, 5.74) is -0.263. The number of benzene rings is 1. The Morgan fingerprint density at radius 3 is 2.22 bits per heavy atom. The topological polar surface area (TPSA) is 134 Å². The Kier molecular flexibility index (Phi) is 7.86. The van der Waals surface area contributed by atoms with Crippen LogP contribution >= 0.6 is 0 Å². The van der Waals surface area contributed by atoms with Crippen molar-refractivity contribution in [3.8, 4) is 0 Å². The largest absolute Gasteiger partial charge is 0.508 e. The highest BCUT2D eigenvalue weighted by Crippen LogP contribution is 2.13. The highest BCUT2D eigenvalue weighted by molar-refractivity contribution is 7.89. The van der Waals surface area contributed by atoms with Crippen molar-refractivity contribution in [2.24, 2.45) is 0 Å². The smallest absolute Gasteiger partial charge is 0.338 e. The summed E-state index contributed by atoms with van der Waals surface area (Å²) in [4.78, 5) is 23.5. The number of carbonyl (C=O) groups excluding carboxylic acids is 2. The van der Waals surface area contributed by atoms with Crippen LogP contribution in [-0.4, -0.2) is 43.6 Å². The predicted octanol–water partition coefficient (Wildman–Crippen LogP) is 2.36. The van der Waals surface area contributed by atoms with Gasteiger partial charge in [0, 0.05) is 11.8 Å². The van der Waals surface area contributed by atoms with Crippen molar-refractivity contribution in [1.29, 1.82) is 5.41 Å². The number of hydrogen-bond donors (Lipinski definition) is 3. The monoisotopic (exact) mass is 396 g/mol. The second kappa shape index (κ2) is 9.43. The van der Waals surface area contributed by atoms with Crippen molar-refractivity contribution >= 4 is 27.5 Å². The molecule has 9 heteroatoms. The van der Waals surface area contributed by atoms with Gasteiger partial charge in [-0.1, -0.05) is 6.92 Å². The minimum atomic E-state index is -3.68. The van der Waals surface area contributed by atoms with E-state index in [9.17, 15) is 23.1 Å². The second-order valence-electron chi connectivity index (χ2n) is 6.03. The summed E-state index contributed by atoms with van der Waals surface area (Å²) in [6.45, 7) is 5.56. The lowest BCUT2D eigenvalue weighted by molar-refractivity contribution is -0.113. The first-order chi connectivity index (χ1) is 12.5. The number of allylic oxidation sites excluding steroid dienone is 1. The van der Waals surface area contributed by atoms with Crippen LogP contribution in [0.25, 0.3) is 0 Å². The molecule has 0 spiro atoms. The average Bonchev–Trinajstić information content (AvgIpc) is 2.58. The molecule has 0 heterocycles. The minimum Gasteiger partial charge on any atom is -0.508 e. The number of ether oxygens (including phenoxy) is 1. The summed E-state index contributed by atoms with van der Waals surface area (Å²) in [5.74, 6) is -1.83. The van der Waals surface area contributed by atoms with Gasteiger partial charge in [0.2, 0.25) is 10.0 Å². The Balaban J connectivity index is 2.88. The van der Waals surface area contributed by atoms with E-state index in [0.717, 1.165) is 0 Å². The number of hydrogen-bond acceptors (Lipinski definition) is 7. The van der Waals surface area contributed by atoms with Crippen molar-refractivity contribution in [2.75, 3.05) is 6.61 Å². The zero-order valence-electron chi connectivity index (χ0n) is 15.7. The third kappa shape index (κ3) is 6.30. The van der Waals surface area contributed by atoms with Crippen molar-refractivity contribution in [1.82, 2.24) is 4.72 Å². The molecule has 0 amide bonds. The Hall–Kier alpha value is -2.52. The zero-order valence-corrected chi connectivity index (χ0v) is 16.5. The van der Waals surface area contributed by atoms with Gasteiger partial charge in [0.1, 0.15) is 12.4 Å². The van der Waals surface area contributed by atoms with E-state index in [0.29, 0.717) is 6.42 Å². The van der Waals surface area contributed by atoms with Crippen molar-refractivity contribution in [3.63, 3.8) is 0 Å². The van der Waals surface area contributed by atoms with Gasteiger partial charge >= 0.3 is 5.97 Å². The Morgan fingerprint density at radius 2 is 1.78 bits per heavy atom. The van der Waals surface area contributed by atoms with Gasteiger partial charge in [-0.3, -0.25) is 4.79 Å². The molecule has 148 valence electrons. The highest BCUT2D eigenvalue weighted by Gasteiger charge is 2.18. The number of rotatable bonds is 9. The molecule has 1 unspecified atom stereocenters. The van der Waals surface area contributed by atoms with Crippen LogP contribution in [0.1, 0.15) is 44.5 Å². The third-order valence-corrected chi connectivity index (χ3v) is 5.33. The van der Waals surface area contributed by atoms with Crippen LogP contribution in [0.2, 0.25) is 0 Å². The maximum absolute atomic E-state index is 12.2. The van der Waals surface area contributed by atoms with Crippen molar-refractivity contribution < 1.29 is 27.9 Å².